The second-order valence-corrected chi connectivity index (χ2v) is 5.51. The Balaban J connectivity index is 2.73. The third-order valence-corrected chi connectivity index (χ3v) is 3.71. The van der Waals surface area contributed by atoms with Gasteiger partial charge in [-0.05, 0) is 18.4 Å². The molecule has 0 radical (unpaired) electrons. The standard InChI is InChI=1S/C14H23N3O3/c1-5-11(18)17-7-6-10(8-17)14(20)16(4)12(9(2)3)13(15)19/h5,9-10,12H,1,6-8H2,2-4H3,(H2,15,19)/t10-,12?/m0/s1. The highest BCUT2D eigenvalue weighted by molar-refractivity contribution is 5.90. The number of carbonyl (C=O) groups excluding carboxylic acids is 3. The normalized spacial score (nSPS) is 19.8. The van der Waals surface area contributed by atoms with Gasteiger partial charge >= 0.3 is 0 Å². The summed E-state index contributed by atoms with van der Waals surface area (Å²) in [6.45, 7) is 8.05. The molecule has 6 heteroatoms. The van der Waals surface area contributed by atoms with Gasteiger partial charge in [0.15, 0.2) is 0 Å². The highest BCUT2D eigenvalue weighted by Gasteiger charge is 2.36. The quantitative estimate of drug-likeness (QED) is 0.719. The molecule has 0 aromatic rings. The zero-order valence-corrected chi connectivity index (χ0v) is 12.3. The van der Waals surface area contributed by atoms with Crippen molar-refractivity contribution in [2.24, 2.45) is 17.6 Å². The SMILES string of the molecule is C=CC(=O)N1CC[C@H](C(=O)N(C)C(C(N)=O)C(C)C)C1. The fraction of sp³-hybridized carbons (Fsp3) is 0.643. The number of primary amides is 1. The fourth-order valence-electron chi connectivity index (χ4n) is 2.68. The molecule has 0 bridgehead atoms. The fourth-order valence-corrected chi connectivity index (χ4v) is 2.68. The zero-order chi connectivity index (χ0) is 15.4. The minimum Gasteiger partial charge on any atom is -0.368 e. The highest BCUT2D eigenvalue weighted by Crippen LogP contribution is 2.21. The maximum Gasteiger partial charge on any atom is 0.245 e. The van der Waals surface area contributed by atoms with Crippen molar-refractivity contribution in [2.45, 2.75) is 26.3 Å². The van der Waals surface area contributed by atoms with Gasteiger partial charge in [0.1, 0.15) is 6.04 Å². The van der Waals surface area contributed by atoms with Crippen LogP contribution < -0.4 is 5.73 Å². The third kappa shape index (κ3) is 3.37. The number of likely N-dealkylation sites (N-methyl/N-ethyl adjacent to an activating group) is 1. The first kappa shape index (κ1) is 16.2. The van der Waals surface area contributed by atoms with E-state index in [1.54, 1.807) is 11.9 Å². The van der Waals surface area contributed by atoms with Crippen molar-refractivity contribution >= 4 is 17.7 Å². The highest BCUT2D eigenvalue weighted by atomic mass is 16.2. The van der Waals surface area contributed by atoms with E-state index in [0.29, 0.717) is 19.5 Å². The van der Waals surface area contributed by atoms with Crippen molar-refractivity contribution in [3.8, 4) is 0 Å². The molecule has 6 nitrogen and oxygen atoms in total. The van der Waals surface area contributed by atoms with Gasteiger partial charge in [0.25, 0.3) is 0 Å². The number of nitrogens with zero attached hydrogens (tertiary/aromatic N) is 2. The second kappa shape index (κ2) is 6.54. The Kier molecular flexibility index (Phi) is 5.30. The van der Waals surface area contributed by atoms with Crippen LogP contribution in [0.3, 0.4) is 0 Å². The van der Waals surface area contributed by atoms with E-state index in [-0.39, 0.29) is 23.7 Å². The van der Waals surface area contributed by atoms with Crippen LogP contribution in [0, 0.1) is 11.8 Å². The van der Waals surface area contributed by atoms with E-state index < -0.39 is 11.9 Å². The summed E-state index contributed by atoms with van der Waals surface area (Å²) in [7, 11) is 1.59. The molecular weight excluding hydrogens is 258 g/mol. The lowest BCUT2D eigenvalue weighted by Crippen LogP contribution is -2.50. The number of amides is 3. The molecule has 1 fully saturated rings. The summed E-state index contributed by atoms with van der Waals surface area (Å²) in [5.74, 6) is -1.13. The third-order valence-electron chi connectivity index (χ3n) is 3.71. The molecule has 1 aliphatic rings. The lowest BCUT2D eigenvalue weighted by Gasteiger charge is -2.30. The molecule has 3 amide bonds. The van der Waals surface area contributed by atoms with Crippen molar-refractivity contribution in [1.82, 2.24) is 9.80 Å². The monoisotopic (exact) mass is 281 g/mol. The van der Waals surface area contributed by atoms with Crippen molar-refractivity contribution in [3.63, 3.8) is 0 Å². The average Bonchev–Trinajstić information content (AvgIpc) is 2.85. The smallest absolute Gasteiger partial charge is 0.245 e. The largest absolute Gasteiger partial charge is 0.368 e. The van der Waals surface area contributed by atoms with E-state index >= 15 is 0 Å². The van der Waals surface area contributed by atoms with Gasteiger partial charge in [-0.2, -0.15) is 0 Å². The number of likely N-dealkylation sites (tertiary alicyclic amines) is 1. The molecule has 1 heterocycles. The Morgan fingerprint density at radius 1 is 1.40 bits per heavy atom. The summed E-state index contributed by atoms with van der Waals surface area (Å²) in [5.41, 5.74) is 5.36. The van der Waals surface area contributed by atoms with E-state index in [1.165, 1.54) is 11.0 Å². The molecule has 112 valence electrons. The number of rotatable bonds is 5. The molecule has 0 saturated carbocycles. The molecule has 0 aromatic carbocycles. The van der Waals surface area contributed by atoms with Crippen molar-refractivity contribution < 1.29 is 14.4 Å². The van der Waals surface area contributed by atoms with Crippen LogP contribution in [-0.2, 0) is 14.4 Å². The molecule has 1 rings (SSSR count). The van der Waals surface area contributed by atoms with E-state index in [0.717, 1.165) is 0 Å². The summed E-state index contributed by atoms with van der Waals surface area (Å²) in [6.07, 6.45) is 1.85. The molecule has 0 aliphatic carbocycles. The van der Waals surface area contributed by atoms with Gasteiger partial charge in [0.05, 0.1) is 5.92 Å². The average molecular weight is 281 g/mol. The van der Waals surface area contributed by atoms with Crippen LogP contribution in [0.5, 0.6) is 0 Å². The summed E-state index contributed by atoms with van der Waals surface area (Å²) >= 11 is 0. The Morgan fingerprint density at radius 2 is 2.00 bits per heavy atom. The Labute approximate surface area is 119 Å². The predicted molar refractivity (Wildman–Crippen MR) is 75.5 cm³/mol. The molecule has 1 saturated heterocycles. The summed E-state index contributed by atoms with van der Waals surface area (Å²) in [5, 5.41) is 0. The van der Waals surface area contributed by atoms with Crippen LogP contribution in [0.15, 0.2) is 12.7 Å². The molecule has 2 N–H and O–H groups in total. The van der Waals surface area contributed by atoms with E-state index in [4.69, 9.17) is 5.73 Å². The summed E-state index contributed by atoms with van der Waals surface area (Å²) < 4.78 is 0. The molecule has 1 unspecified atom stereocenters. The Hall–Kier alpha value is -1.85. The van der Waals surface area contributed by atoms with Gasteiger partial charge in [0.2, 0.25) is 17.7 Å². The van der Waals surface area contributed by atoms with Crippen LogP contribution in [0.25, 0.3) is 0 Å². The lowest BCUT2D eigenvalue weighted by atomic mass is 9.99. The maximum atomic E-state index is 12.4. The molecule has 0 spiro atoms. The van der Waals surface area contributed by atoms with Gasteiger partial charge in [-0.15, -0.1) is 0 Å². The molecule has 2 atom stereocenters. The molecular formula is C14H23N3O3. The van der Waals surface area contributed by atoms with E-state index in [2.05, 4.69) is 6.58 Å². The van der Waals surface area contributed by atoms with Crippen molar-refractivity contribution in [1.29, 1.82) is 0 Å². The first-order valence-electron chi connectivity index (χ1n) is 6.76. The van der Waals surface area contributed by atoms with Crippen LogP contribution >= 0.6 is 0 Å². The second-order valence-electron chi connectivity index (χ2n) is 5.51. The van der Waals surface area contributed by atoms with Gasteiger partial charge in [-0.25, -0.2) is 0 Å². The minimum absolute atomic E-state index is 0.0474. The summed E-state index contributed by atoms with van der Waals surface area (Å²) in [6, 6.07) is -0.619. The number of nitrogens with two attached hydrogens (primary N) is 1. The van der Waals surface area contributed by atoms with Crippen molar-refractivity contribution in [2.75, 3.05) is 20.1 Å². The van der Waals surface area contributed by atoms with Crippen molar-refractivity contribution in [3.05, 3.63) is 12.7 Å². The molecule has 0 aromatic heterocycles. The number of hydrogen-bond acceptors (Lipinski definition) is 3. The molecule has 20 heavy (non-hydrogen) atoms. The van der Waals surface area contributed by atoms with Gasteiger partial charge < -0.3 is 15.5 Å². The topological polar surface area (TPSA) is 83.7 Å². The van der Waals surface area contributed by atoms with Gasteiger partial charge in [0, 0.05) is 20.1 Å². The maximum absolute atomic E-state index is 12.4. The van der Waals surface area contributed by atoms with Crippen LogP contribution in [0.4, 0.5) is 0 Å². The number of hydrogen-bond donors (Lipinski definition) is 1. The lowest BCUT2D eigenvalue weighted by molar-refractivity contribution is -0.142. The van der Waals surface area contributed by atoms with E-state index in [1.807, 2.05) is 13.8 Å². The zero-order valence-electron chi connectivity index (χ0n) is 12.3. The minimum atomic E-state index is -0.619. The molecule has 1 aliphatic heterocycles. The summed E-state index contributed by atoms with van der Waals surface area (Å²) in [4.78, 5) is 38.4. The van der Waals surface area contributed by atoms with E-state index in [9.17, 15) is 14.4 Å². The van der Waals surface area contributed by atoms with Crippen LogP contribution in [-0.4, -0.2) is 53.7 Å². The number of carbonyl (C=O) groups is 3. The first-order valence-corrected chi connectivity index (χ1v) is 6.76. The Bertz CT molecular complexity index is 420. The Morgan fingerprint density at radius 3 is 2.45 bits per heavy atom. The predicted octanol–water partition coefficient (Wildman–Crippen LogP) is -0.0108. The first-order chi connectivity index (χ1) is 9.29. The van der Waals surface area contributed by atoms with Gasteiger partial charge in [-0.3, -0.25) is 14.4 Å². The van der Waals surface area contributed by atoms with Crippen LogP contribution in [0.2, 0.25) is 0 Å². The van der Waals surface area contributed by atoms with Crippen LogP contribution in [0.1, 0.15) is 20.3 Å². The van der Waals surface area contributed by atoms with Gasteiger partial charge in [-0.1, -0.05) is 20.4 Å².